The van der Waals surface area contributed by atoms with Crippen molar-refractivity contribution in [3.63, 3.8) is 0 Å². The number of fused-ring (bicyclic) bond motifs is 1. The maximum absolute atomic E-state index is 12.6. The highest BCUT2D eigenvalue weighted by Gasteiger charge is 2.23. The molecule has 0 saturated carbocycles. The lowest BCUT2D eigenvalue weighted by atomic mass is 10.3. The molecule has 1 amide bonds. The van der Waals surface area contributed by atoms with Crippen molar-refractivity contribution in [2.24, 2.45) is 0 Å². The van der Waals surface area contributed by atoms with Crippen molar-refractivity contribution in [3.05, 3.63) is 30.1 Å². The van der Waals surface area contributed by atoms with Crippen molar-refractivity contribution >= 4 is 28.7 Å². The van der Waals surface area contributed by atoms with E-state index in [0.29, 0.717) is 26.2 Å². The molecular formula is C16H21N3O2S. The monoisotopic (exact) mass is 319 g/mol. The molecule has 1 saturated heterocycles. The van der Waals surface area contributed by atoms with Gasteiger partial charge in [0.05, 0.1) is 29.5 Å². The van der Waals surface area contributed by atoms with Crippen LogP contribution in [0.5, 0.6) is 0 Å². The average Bonchev–Trinajstić information content (AvgIpc) is 2.85. The Morgan fingerprint density at radius 1 is 1.45 bits per heavy atom. The standard InChI is InChI=1S/C16H21N3O2S/c1-12-9-18(7-8-21-12)16(20)10-19-14-6-4-3-5-13(14)17-15(19)11-22-2/h3-6,12H,7-11H2,1-2H3. The normalized spacial score (nSPS) is 18.8. The molecule has 1 atom stereocenters. The van der Waals surface area contributed by atoms with Gasteiger partial charge in [-0.15, -0.1) is 0 Å². The third-order valence-electron chi connectivity index (χ3n) is 3.89. The lowest BCUT2D eigenvalue weighted by molar-refractivity contribution is -0.138. The van der Waals surface area contributed by atoms with E-state index in [9.17, 15) is 4.79 Å². The molecule has 1 aliphatic rings. The molecule has 0 N–H and O–H groups in total. The summed E-state index contributed by atoms with van der Waals surface area (Å²) in [7, 11) is 0. The number of nitrogens with zero attached hydrogens (tertiary/aromatic N) is 3. The molecule has 0 radical (unpaired) electrons. The molecule has 1 aliphatic heterocycles. The number of rotatable bonds is 4. The van der Waals surface area contributed by atoms with E-state index in [4.69, 9.17) is 4.74 Å². The summed E-state index contributed by atoms with van der Waals surface area (Å²) in [5, 5.41) is 0. The van der Waals surface area contributed by atoms with E-state index in [1.54, 1.807) is 11.8 Å². The summed E-state index contributed by atoms with van der Waals surface area (Å²) in [5.41, 5.74) is 1.98. The predicted octanol–water partition coefficient (Wildman–Crippen LogP) is 2.15. The summed E-state index contributed by atoms with van der Waals surface area (Å²) in [5.74, 6) is 1.91. The van der Waals surface area contributed by atoms with Crippen LogP contribution in [0.4, 0.5) is 0 Å². The van der Waals surface area contributed by atoms with Gasteiger partial charge in [0.15, 0.2) is 0 Å². The molecule has 0 aliphatic carbocycles. The number of carbonyl (C=O) groups is 1. The van der Waals surface area contributed by atoms with Crippen LogP contribution in [0.15, 0.2) is 24.3 Å². The van der Waals surface area contributed by atoms with Gasteiger partial charge < -0.3 is 14.2 Å². The highest BCUT2D eigenvalue weighted by Crippen LogP contribution is 2.19. The van der Waals surface area contributed by atoms with E-state index < -0.39 is 0 Å². The first-order valence-corrected chi connectivity index (χ1v) is 8.91. The number of morpholine rings is 1. The number of aromatic nitrogens is 2. The molecule has 118 valence electrons. The minimum absolute atomic E-state index is 0.114. The number of ether oxygens (including phenoxy) is 1. The maximum atomic E-state index is 12.6. The molecule has 2 aromatic rings. The SMILES string of the molecule is CSCc1nc2ccccc2n1CC(=O)N1CCOC(C)C1. The van der Waals surface area contributed by atoms with Gasteiger partial charge in [0.25, 0.3) is 0 Å². The van der Waals surface area contributed by atoms with E-state index in [0.717, 1.165) is 22.6 Å². The summed E-state index contributed by atoms with van der Waals surface area (Å²) >= 11 is 1.72. The first kappa shape index (κ1) is 15.4. The van der Waals surface area contributed by atoms with Gasteiger partial charge in [-0.2, -0.15) is 11.8 Å². The van der Waals surface area contributed by atoms with E-state index in [2.05, 4.69) is 11.2 Å². The highest BCUT2D eigenvalue weighted by molar-refractivity contribution is 7.97. The molecule has 6 heteroatoms. The van der Waals surface area contributed by atoms with E-state index in [-0.39, 0.29) is 12.0 Å². The van der Waals surface area contributed by atoms with Crippen LogP contribution >= 0.6 is 11.8 Å². The summed E-state index contributed by atoms with van der Waals surface area (Å²) in [6, 6.07) is 8.00. The average molecular weight is 319 g/mol. The fourth-order valence-electron chi connectivity index (χ4n) is 2.82. The van der Waals surface area contributed by atoms with E-state index in [1.807, 2.05) is 40.7 Å². The Kier molecular flexibility index (Phi) is 4.69. The zero-order chi connectivity index (χ0) is 15.5. The number of amides is 1. The fraction of sp³-hybridized carbons (Fsp3) is 0.500. The molecule has 5 nitrogen and oxygen atoms in total. The Hall–Kier alpha value is -1.53. The minimum atomic E-state index is 0.114. The summed E-state index contributed by atoms with van der Waals surface area (Å²) < 4.78 is 7.56. The minimum Gasteiger partial charge on any atom is -0.375 e. The number of hydrogen-bond donors (Lipinski definition) is 0. The van der Waals surface area contributed by atoms with Gasteiger partial charge in [0.2, 0.25) is 5.91 Å². The number of hydrogen-bond acceptors (Lipinski definition) is 4. The Bertz CT molecular complexity index is 670. The van der Waals surface area contributed by atoms with Crippen LogP contribution in [0.1, 0.15) is 12.7 Å². The molecule has 1 aromatic heterocycles. The van der Waals surface area contributed by atoms with Crippen molar-refractivity contribution in [3.8, 4) is 0 Å². The second kappa shape index (κ2) is 6.71. The van der Waals surface area contributed by atoms with Crippen LogP contribution in [-0.2, 0) is 21.8 Å². The van der Waals surface area contributed by atoms with Crippen LogP contribution in [-0.4, -0.2) is 52.4 Å². The third-order valence-corrected chi connectivity index (χ3v) is 4.44. The molecule has 0 bridgehead atoms. The van der Waals surface area contributed by atoms with Crippen molar-refractivity contribution in [2.75, 3.05) is 26.0 Å². The largest absolute Gasteiger partial charge is 0.375 e. The van der Waals surface area contributed by atoms with Gasteiger partial charge in [-0.25, -0.2) is 4.98 Å². The van der Waals surface area contributed by atoms with Gasteiger partial charge in [-0.1, -0.05) is 12.1 Å². The molecule has 22 heavy (non-hydrogen) atoms. The Balaban J connectivity index is 1.85. The Labute approximate surface area is 134 Å². The summed E-state index contributed by atoms with van der Waals surface area (Å²) in [4.78, 5) is 19.2. The fourth-order valence-corrected chi connectivity index (χ4v) is 3.30. The first-order chi connectivity index (χ1) is 10.7. The topological polar surface area (TPSA) is 47.4 Å². The number of imidazole rings is 1. The van der Waals surface area contributed by atoms with Crippen LogP contribution in [0.3, 0.4) is 0 Å². The van der Waals surface area contributed by atoms with Crippen LogP contribution in [0, 0.1) is 0 Å². The smallest absolute Gasteiger partial charge is 0.242 e. The van der Waals surface area contributed by atoms with Gasteiger partial charge in [0.1, 0.15) is 12.4 Å². The maximum Gasteiger partial charge on any atom is 0.242 e. The number of para-hydroxylation sites is 2. The van der Waals surface area contributed by atoms with Crippen molar-refractivity contribution < 1.29 is 9.53 Å². The van der Waals surface area contributed by atoms with E-state index >= 15 is 0 Å². The van der Waals surface area contributed by atoms with Crippen LogP contribution in [0.2, 0.25) is 0 Å². The van der Waals surface area contributed by atoms with Gasteiger partial charge in [-0.3, -0.25) is 4.79 Å². The highest BCUT2D eigenvalue weighted by atomic mass is 32.2. The zero-order valence-corrected chi connectivity index (χ0v) is 13.8. The van der Waals surface area contributed by atoms with Gasteiger partial charge in [-0.05, 0) is 25.3 Å². The molecule has 1 unspecified atom stereocenters. The Morgan fingerprint density at radius 3 is 3.05 bits per heavy atom. The lowest BCUT2D eigenvalue weighted by Gasteiger charge is -2.31. The van der Waals surface area contributed by atoms with Gasteiger partial charge in [0, 0.05) is 13.1 Å². The lowest BCUT2D eigenvalue weighted by Crippen LogP contribution is -2.45. The molecule has 1 fully saturated rings. The summed E-state index contributed by atoms with van der Waals surface area (Å²) in [6.07, 6.45) is 2.16. The first-order valence-electron chi connectivity index (χ1n) is 7.51. The zero-order valence-electron chi connectivity index (χ0n) is 13.0. The van der Waals surface area contributed by atoms with Crippen molar-refractivity contribution in [1.82, 2.24) is 14.5 Å². The predicted molar refractivity (Wildman–Crippen MR) is 88.9 cm³/mol. The number of thioether (sulfide) groups is 1. The third kappa shape index (κ3) is 3.13. The Morgan fingerprint density at radius 2 is 2.27 bits per heavy atom. The van der Waals surface area contributed by atoms with Crippen molar-refractivity contribution in [1.29, 1.82) is 0 Å². The van der Waals surface area contributed by atoms with E-state index in [1.165, 1.54) is 0 Å². The van der Waals surface area contributed by atoms with Crippen LogP contribution < -0.4 is 0 Å². The molecular weight excluding hydrogens is 298 g/mol. The molecule has 0 spiro atoms. The summed E-state index contributed by atoms with van der Waals surface area (Å²) in [6.45, 7) is 4.32. The quantitative estimate of drug-likeness (QED) is 0.866. The number of benzene rings is 1. The van der Waals surface area contributed by atoms with Crippen LogP contribution in [0.25, 0.3) is 11.0 Å². The number of carbonyl (C=O) groups excluding carboxylic acids is 1. The molecule has 1 aromatic carbocycles. The van der Waals surface area contributed by atoms with Crippen molar-refractivity contribution in [2.45, 2.75) is 25.3 Å². The second-order valence-corrected chi connectivity index (χ2v) is 6.42. The molecule has 2 heterocycles. The van der Waals surface area contributed by atoms with Gasteiger partial charge >= 0.3 is 0 Å². The molecule has 3 rings (SSSR count). The second-order valence-electron chi connectivity index (χ2n) is 5.56.